The van der Waals surface area contributed by atoms with Gasteiger partial charge < -0.3 is 14.2 Å². The fraction of sp³-hybridized carbons (Fsp3) is 0. The van der Waals surface area contributed by atoms with Gasteiger partial charge in [-0.15, -0.1) is 11.3 Å². The lowest BCUT2D eigenvalue weighted by atomic mass is 10.0. The Morgan fingerprint density at radius 1 is 0.339 bits per heavy atom. The van der Waals surface area contributed by atoms with Crippen molar-refractivity contribution in [3.05, 3.63) is 206 Å². The van der Waals surface area contributed by atoms with E-state index in [1.807, 2.05) is 23.5 Å². The number of nitrogens with zero attached hydrogens (tertiary/aromatic N) is 2. The molecule has 0 aliphatic rings. The molecule has 0 aliphatic heterocycles. The minimum atomic E-state index is 0.880. The quantitative estimate of drug-likeness (QED) is 0.163. The Hall–Kier alpha value is -7.14. The van der Waals surface area contributed by atoms with Crippen LogP contribution < -0.4 is 9.80 Å². The van der Waals surface area contributed by atoms with Gasteiger partial charge in [-0.3, -0.25) is 0 Å². The fourth-order valence-electron chi connectivity index (χ4n) is 8.18. The SMILES string of the molecule is c1ccc(-c2ccc(N(c3ccccc3)c3cc(N(c4ccccc4)c4ccc5oc6ccccc6c5c4)cc4sc5cc6ccccc6cc5c34)cc2)cc1. The fourth-order valence-corrected chi connectivity index (χ4v) is 9.37. The molecule has 4 heteroatoms. The first-order valence-corrected chi connectivity index (χ1v) is 19.7. The van der Waals surface area contributed by atoms with Gasteiger partial charge in [0.05, 0.1) is 5.69 Å². The molecule has 0 N–H and O–H groups in total. The van der Waals surface area contributed by atoms with E-state index >= 15 is 0 Å². The van der Waals surface area contributed by atoms with Gasteiger partial charge in [-0.1, -0.05) is 121 Å². The molecular weight excluding hydrogens is 701 g/mol. The average Bonchev–Trinajstić information content (AvgIpc) is 3.82. The highest BCUT2D eigenvalue weighted by atomic mass is 32.1. The average molecular weight is 735 g/mol. The van der Waals surface area contributed by atoms with Crippen LogP contribution in [0.15, 0.2) is 211 Å². The second-order valence-corrected chi connectivity index (χ2v) is 15.3. The lowest BCUT2D eigenvalue weighted by Crippen LogP contribution is -2.13. The molecule has 0 unspecified atom stereocenters. The zero-order valence-electron chi connectivity index (χ0n) is 30.3. The first-order valence-electron chi connectivity index (χ1n) is 18.9. The first kappa shape index (κ1) is 32.3. The predicted molar refractivity (Wildman–Crippen MR) is 239 cm³/mol. The summed E-state index contributed by atoms with van der Waals surface area (Å²) in [5.74, 6) is 0. The van der Waals surface area contributed by atoms with E-state index in [1.165, 1.54) is 42.1 Å². The van der Waals surface area contributed by atoms with Crippen LogP contribution in [0.25, 0.3) is 64.0 Å². The van der Waals surface area contributed by atoms with E-state index in [0.717, 1.165) is 56.1 Å². The summed E-state index contributed by atoms with van der Waals surface area (Å²) in [5.41, 5.74) is 10.7. The summed E-state index contributed by atoms with van der Waals surface area (Å²) < 4.78 is 8.77. The Labute approximate surface area is 328 Å². The van der Waals surface area contributed by atoms with Crippen molar-refractivity contribution < 1.29 is 4.42 Å². The normalized spacial score (nSPS) is 11.6. The highest BCUT2D eigenvalue weighted by Gasteiger charge is 2.24. The number of para-hydroxylation sites is 3. The number of hydrogen-bond donors (Lipinski definition) is 0. The van der Waals surface area contributed by atoms with Crippen LogP contribution >= 0.6 is 11.3 Å². The molecule has 0 saturated heterocycles. The summed E-state index contributed by atoms with van der Waals surface area (Å²) in [7, 11) is 0. The number of rotatable bonds is 7. The predicted octanol–water partition coefficient (Wildman–Crippen LogP) is 15.7. The van der Waals surface area contributed by atoms with Crippen molar-refractivity contribution in [1.82, 2.24) is 0 Å². The highest BCUT2D eigenvalue weighted by Crippen LogP contribution is 2.50. The van der Waals surface area contributed by atoms with Gasteiger partial charge in [-0.2, -0.15) is 0 Å². The lowest BCUT2D eigenvalue weighted by molar-refractivity contribution is 0.669. The van der Waals surface area contributed by atoms with E-state index in [0.29, 0.717) is 0 Å². The van der Waals surface area contributed by atoms with Crippen LogP contribution in [0.5, 0.6) is 0 Å². The lowest BCUT2D eigenvalue weighted by Gasteiger charge is -2.30. The molecule has 0 fully saturated rings. The Morgan fingerprint density at radius 2 is 0.911 bits per heavy atom. The van der Waals surface area contributed by atoms with E-state index in [9.17, 15) is 0 Å². The molecule has 0 spiro atoms. The van der Waals surface area contributed by atoms with Crippen molar-refractivity contribution in [3.8, 4) is 11.1 Å². The van der Waals surface area contributed by atoms with E-state index in [2.05, 4.69) is 204 Å². The number of benzene rings is 9. The van der Waals surface area contributed by atoms with Crippen molar-refractivity contribution in [2.45, 2.75) is 0 Å². The number of thiophene rings is 1. The Balaban J connectivity index is 1.20. The zero-order chi connectivity index (χ0) is 37.0. The maximum Gasteiger partial charge on any atom is 0.135 e. The van der Waals surface area contributed by atoms with Crippen molar-refractivity contribution in [3.63, 3.8) is 0 Å². The van der Waals surface area contributed by atoms with Gasteiger partial charge in [0.1, 0.15) is 11.2 Å². The van der Waals surface area contributed by atoms with Crippen molar-refractivity contribution in [2.75, 3.05) is 9.80 Å². The Kier molecular flexibility index (Phi) is 7.68. The molecule has 11 rings (SSSR count). The minimum absolute atomic E-state index is 0.880. The molecule has 0 saturated carbocycles. The summed E-state index contributed by atoms with van der Waals surface area (Å²) in [4.78, 5) is 4.81. The van der Waals surface area contributed by atoms with E-state index in [-0.39, 0.29) is 0 Å². The van der Waals surface area contributed by atoms with E-state index < -0.39 is 0 Å². The monoisotopic (exact) mass is 734 g/mol. The third-order valence-corrected chi connectivity index (χ3v) is 11.9. The standard InChI is InChI=1S/C52H34N2OS/c1-4-14-35(15-5-1)36-24-26-41(27-25-36)54(40-20-8-3-9-21-40)47-33-43(34-51-52(47)46-30-37-16-10-11-17-38(37)31-50(46)56-51)53(39-18-6-2-7-19-39)42-28-29-49-45(32-42)44-22-12-13-23-48(44)55-49/h1-34H. The molecule has 264 valence electrons. The van der Waals surface area contributed by atoms with Gasteiger partial charge in [0.25, 0.3) is 0 Å². The van der Waals surface area contributed by atoms with Crippen LogP contribution in [0.3, 0.4) is 0 Å². The van der Waals surface area contributed by atoms with Gasteiger partial charge >= 0.3 is 0 Å². The van der Waals surface area contributed by atoms with Crippen molar-refractivity contribution in [2.24, 2.45) is 0 Å². The van der Waals surface area contributed by atoms with Gasteiger partial charge in [-0.05, 0) is 107 Å². The molecule has 0 amide bonds. The van der Waals surface area contributed by atoms with Crippen LogP contribution in [0.4, 0.5) is 34.1 Å². The smallest absolute Gasteiger partial charge is 0.135 e. The molecule has 0 aliphatic carbocycles. The summed E-state index contributed by atoms with van der Waals surface area (Å²) in [6.45, 7) is 0. The number of hydrogen-bond acceptors (Lipinski definition) is 4. The topological polar surface area (TPSA) is 19.6 Å². The largest absolute Gasteiger partial charge is 0.456 e. The van der Waals surface area contributed by atoms with Gasteiger partial charge in [0.2, 0.25) is 0 Å². The summed E-state index contributed by atoms with van der Waals surface area (Å²) in [5, 5.41) is 7.18. The molecule has 56 heavy (non-hydrogen) atoms. The second kappa shape index (κ2) is 13.3. The van der Waals surface area contributed by atoms with E-state index in [1.54, 1.807) is 0 Å². The summed E-state index contributed by atoms with van der Waals surface area (Å²) >= 11 is 1.86. The molecule has 0 bridgehead atoms. The van der Waals surface area contributed by atoms with Gasteiger partial charge in [0.15, 0.2) is 0 Å². The van der Waals surface area contributed by atoms with Crippen LogP contribution in [0.1, 0.15) is 0 Å². The van der Waals surface area contributed by atoms with Crippen molar-refractivity contribution in [1.29, 1.82) is 0 Å². The molecule has 0 atom stereocenters. The number of anilines is 6. The minimum Gasteiger partial charge on any atom is -0.456 e. The van der Waals surface area contributed by atoms with Crippen LogP contribution in [-0.2, 0) is 0 Å². The van der Waals surface area contributed by atoms with Crippen LogP contribution in [0, 0.1) is 0 Å². The van der Waals surface area contributed by atoms with Crippen molar-refractivity contribution >= 4 is 98.3 Å². The molecule has 0 radical (unpaired) electrons. The van der Waals surface area contributed by atoms with Gasteiger partial charge in [0, 0.05) is 59.4 Å². The molecular formula is C52H34N2OS. The first-order chi connectivity index (χ1) is 27.7. The molecule has 2 heterocycles. The molecule has 2 aromatic heterocycles. The number of furan rings is 1. The maximum atomic E-state index is 6.28. The van der Waals surface area contributed by atoms with E-state index in [4.69, 9.17) is 4.42 Å². The van der Waals surface area contributed by atoms with Crippen LogP contribution in [0.2, 0.25) is 0 Å². The third-order valence-electron chi connectivity index (χ3n) is 10.8. The summed E-state index contributed by atoms with van der Waals surface area (Å²) in [6.07, 6.45) is 0. The Bertz CT molecular complexity index is 3190. The third kappa shape index (κ3) is 5.50. The van der Waals surface area contributed by atoms with Crippen LogP contribution in [-0.4, -0.2) is 0 Å². The second-order valence-electron chi connectivity index (χ2n) is 14.2. The maximum absolute atomic E-state index is 6.28. The number of fused-ring (bicyclic) bond motifs is 7. The zero-order valence-corrected chi connectivity index (χ0v) is 31.2. The molecule has 9 aromatic carbocycles. The van der Waals surface area contributed by atoms with Gasteiger partial charge in [-0.25, -0.2) is 0 Å². The highest BCUT2D eigenvalue weighted by molar-refractivity contribution is 7.26. The molecule has 11 aromatic rings. The molecule has 3 nitrogen and oxygen atoms in total. The Morgan fingerprint density at radius 3 is 1.66 bits per heavy atom. The summed E-state index contributed by atoms with van der Waals surface area (Å²) in [6, 6.07) is 74.0.